The van der Waals surface area contributed by atoms with Gasteiger partial charge in [0.25, 0.3) is 0 Å². The number of imidazole rings is 1. The lowest BCUT2D eigenvalue weighted by atomic mass is 10.1. The standard InChI is InChI=1S/C16H12F4N4S/c1-3-24-13(7-22)12(6-21)23-15(24)10-5-14(9(2)4-11(10)17)25-8-16(18,19)20/h4-5H,3,8H2,1-2H3. The Bertz CT molecular complexity index is 887. The Morgan fingerprint density at radius 2 is 1.92 bits per heavy atom. The summed E-state index contributed by atoms with van der Waals surface area (Å²) in [6, 6.07) is 6.02. The van der Waals surface area contributed by atoms with E-state index in [1.807, 2.05) is 6.07 Å². The van der Waals surface area contributed by atoms with Crippen LogP contribution in [0.25, 0.3) is 11.4 Å². The van der Waals surface area contributed by atoms with E-state index in [-0.39, 0.29) is 34.2 Å². The lowest BCUT2D eigenvalue weighted by Crippen LogP contribution is -2.10. The zero-order valence-electron chi connectivity index (χ0n) is 13.3. The molecule has 0 unspecified atom stereocenters. The van der Waals surface area contributed by atoms with Crippen LogP contribution in [0.2, 0.25) is 0 Å². The summed E-state index contributed by atoms with van der Waals surface area (Å²) in [5.74, 6) is -1.74. The number of halogens is 4. The number of rotatable bonds is 4. The Kier molecular flexibility index (Phi) is 5.39. The normalized spacial score (nSPS) is 11.2. The maximum Gasteiger partial charge on any atom is 0.398 e. The number of thioether (sulfide) groups is 1. The van der Waals surface area contributed by atoms with Crippen LogP contribution in [0, 0.1) is 35.4 Å². The summed E-state index contributed by atoms with van der Waals surface area (Å²) >= 11 is 0.549. The van der Waals surface area contributed by atoms with Crippen LogP contribution in [0.15, 0.2) is 17.0 Å². The molecular formula is C16H12F4N4S. The van der Waals surface area contributed by atoms with Crippen LogP contribution < -0.4 is 0 Å². The molecule has 9 heteroatoms. The van der Waals surface area contributed by atoms with Crippen LogP contribution in [0.3, 0.4) is 0 Å². The third-order valence-corrected chi connectivity index (χ3v) is 4.61. The van der Waals surface area contributed by atoms with Gasteiger partial charge < -0.3 is 4.57 Å². The molecule has 0 aliphatic rings. The highest BCUT2D eigenvalue weighted by Crippen LogP contribution is 2.34. The molecule has 0 N–H and O–H groups in total. The highest BCUT2D eigenvalue weighted by atomic mass is 32.2. The van der Waals surface area contributed by atoms with Crippen molar-refractivity contribution in [2.75, 3.05) is 5.75 Å². The Hall–Kier alpha value is -2.52. The predicted molar refractivity (Wildman–Crippen MR) is 84.2 cm³/mol. The van der Waals surface area contributed by atoms with Crippen LogP contribution in [-0.2, 0) is 6.54 Å². The Morgan fingerprint density at radius 3 is 2.44 bits per heavy atom. The first kappa shape index (κ1) is 18.8. The lowest BCUT2D eigenvalue weighted by molar-refractivity contribution is -0.105. The van der Waals surface area contributed by atoms with Gasteiger partial charge in [-0.05, 0) is 31.5 Å². The highest BCUT2D eigenvalue weighted by Gasteiger charge is 2.28. The van der Waals surface area contributed by atoms with E-state index in [2.05, 4.69) is 4.98 Å². The summed E-state index contributed by atoms with van der Waals surface area (Å²) < 4.78 is 53.1. The number of hydrogen-bond acceptors (Lipinski definition) is 4. The van der Waals surface area contributed by atoms with Crippen molar-refractivity contribution in [2.45, 2.75) is 31.5 Å². The van der Waals surface area contributed by atoms with E-state index < -0.39 is 17.7 Å². The van der Waals surface area contributed by atoms with Crippen LogP contribution in [0.1, 0.15) is 23.9 Å². The minimum atomic E-state index is -4.35. The molecule has 0 aliphatic carbocycles. The number of alkyl halides is 3. The SMILES string of the molecule is CCn1c(-c2cc(SCC(F)(F)F)c(C)cc2F)nc(C#N)c1C#N. The minimum absolute atomic E-state index is 0.00975. The summed E-state index contributed by atoms with van der Waals surface area (Å²) in [7, 11) is 0. The molecule has 25 heavy (non-hydrogen) atoms. The van der Waals surface area contributed by atoms with Gasteiger partial charge in [-0.25, -0.2) is 9.37 Å². The van der Waals surface area contributed by atoms with E-state index in [0.29, 0.717) is 17.3 Å². The first-order valence-electron chi connectivity index (χ1n) is 7.12. The number of hydrogen-bond donors (Lipinski definition) is 0. The Labute approximate surface area is 145 Å². The van der Waals surface area contributed by atoms with Crippen molar-refractivity contribution in [1.29, 1.82) is 10.5 Å². The van der Waals surface area contributed by atoms with Crippen LogP contribution >= 0.6 is 11.8 Å². The van der Waals surface area contributed by atoms with Gasteiger partial charge in [-0.15, -0.1) is 11.8 Å². The van der Waals surface area contributed by atoms with Crippen molar-refractivity contribution < 1.29 is 17.6 Å². The fraction of sp³-hybridized carbons (Fsp3) is 0.312. The molecule has 0 amide bonds. The topological polar surface area (TPSA) is 65.4 Å². The lowest BCUT2D eigenvalue weighted by Gasteiger charge is -2.12. The van der Waals surface area contributed by atoms with E-state index in [1.54, 1.807) is 13.0 Å². The Balaban J connectivity index is 2.59. The monoisotopic (exact) mass is 368 g/mol. The fourth-order valence-corrected chi connectivity index (χ4v) is 3.10. The molecule has 0 saturated carbocycles. The zero-order chi connectivity index (χ0) is 18.8. The third-order valence-electron chi connectivity index (χ3n) is 3.39. The van der Waals surface area contributed by atoms with Gasteiger partial charge in [0.1, 0.15) is 23.8 Å². The quantitative estimate of drug-likeness (QED) is 0.592. The summed E-state index contributed by atoms with van der Waals surface area (Å²) in [6.07, 6.45) is -4.35. The van der Waals surface area contributed by atoms with E-state index in [4.69, 9.17) is 5.26 Å². The van der Waals surface area contributed by atoms with Crippen molar-refractivity contribution in [3.8, 4) is 23.5 Å². The van der Waals surface area contributed by atoms with Crippen molar-refractivity contribution >= 4 is 11.8 Å². The second-order valence-electron chi connectivity index (χ2n) is 5.10. The van der Waals surface area contributed by atoms with Gasteiger partial charge in [-0.1, -0.05) is 0 Å². The summed E-state index contributed by atoms with van der Waals surface area (Å²) in [5, 5.41) is 18.3. The number of aryl methyl sites for hydroxylation is 1. The molecule has 1 heterocycles. The fourth-order valence-electron chi connectivity index (χ4n) is 2.30. The van der Waals surface area contributed by atoms with Gasteiger partial charge in [0.2, 0.25) is 0 Å². The van der Waals surface area contributed by atoms with E-state index in [1.165, 1.54) is 17.6 Å². The molecule has 1 aromatic carbocycles. The minimum Gasteiger partial charge on any atom is -0.315 e. The maximum atomic E-state index is 14.4. The van der Waals surface area contributed by atoms with E-state index in [0.717, 1.165) is 6.07 Å². The molecule has 2 aromatic rings. The second kappa shape index (κ2) is 7.16. The summed E-state index contributed by atoms with van der Waals surface area (Å²) in [6.45, 7) is 3.46. The number of nitriles is 2. The van der Waals surface area contributed by atoms with Gasteiger partial charge in [0, 0.05) is 11.4 Å². The molecule has 2 rings (SSSR count). The molecule has 0 saturated heterocycles. The molecule has 0 aliphatic heterocycles. The molecule has 0 spiro atoms. The van der Waals surface area contributed by atoms with Crippen molar-refractivity contribution in [1.82, 2.24) is 9.55 Å². The Morgan fingerprint density at radius 1 is 1.24 bits per heavy atom. The predicted octanol–water partition coefficient (Wildman–Crippen LogP) is 4.42. The van der Waals surface area contributed by atoms with Gasteiger partial charge in [-0.3, -0.25) is 0 Å². The first-order valence-corrected chi connectivity index (χ1v) is 8.11. The van der Waals surface area contributed by atoms with Gasteiger partial charge in [0.15, 0.2) is 11.4 Å². The third kappa shape index (κ3) is 3.94. The smallest absolute Gasteiger partial charge is 0.315 e. The van der Waals surface area contributed by atoms with Crippen LogP contribution in [0.5, 0.6) is 0 Å². The van der Waals surface area contributed by atoms with Gasteiger partial charge >= 0.3 is 6.18 Å². The van der Waals surface area contributed by atoms with Crippen LogP contribution in [-0.4, -0.2) is 21.5 Å². The van der Waals surface area contributed by atoms with Crippen molar-refractivity contribution in [3.63, 3.8) is 0 Å². The van der Waals surface area contributed by atoms with Gasteiger partial charge in [-0.2, -0.15) is 23.7 Å². The van der Waals surface area contributed by atoms with E-state index >= 15 is 0 Å². The molecule has 130 valence electrons. The molecule has 1 aromatic heterocycles. The average Bonchev–Trinajstić information content (AvgIpc) is 2.90. The number of nitrogens with zero attached hydrogens (tertiary/aromatic N) is 4. The first-order chi connectivity index (χ1) is 11.7. The molecule has 0 bridgehead atoms. The molecule has 0 atom stereocenters. The van der Waals surface area contributed by atoms with Crippen LogP contribution in [0.4, 0.5) is 17.6 Å². The largest absolute Gasteiger partial charge is 0.398 e. The summed E-state index contributed by atoms with van der Waals surface area (Å²) in [5.41, 5.74) is 0.162. The molecule has 0 fully saturated rings. The zero-order valence-corrected chi connectivity index (χ0v) is 14.1. The van der Waals surface area contributed by atoms with Crippen molar-refractivity contribution in [2.24, 2.45) is 0 Å². The van der Waals surface area contributed by atoms with Crippen molar-refractivity contribution in [3.05, 3.63) is 34.9 Å². The number of benzene rings is 1. The molecular weight excluding hydrogens is 356 g/mol. The highest BCUT2D eigenvalue weighted by molar-refractivity contribution is 7.99. The average molecular weight is 368 g/mol. The molecule has 4 nitrogen and oxygen atoms in total. The number of aromatic nitrogens is 2. The van der Waals surface area contributed by atoms with Gasteiger partial charge in [0.05, 0.1) is 11.3 Å². The summed E-state index contributed by atoms with van der Waals surface area (Å²) in [4.78, 5) is 4.25. The molecule has 0 radical (unpaired) electrons. The van der Waals surface area contributed by atoms with E-state index in [9.17, 15) is 22.8 Å². The second-order valence-corrected chi connectivity index (χ2v) is 6.12. The maximum absolute atomic E-state index is 14.4.